The summed E-state index contributed by atoms with van der Waals surface area (Å²) in [6, 6.07) is 16.3. The molecule has 0 radical (unpaired) electrons. The zero-order chi connectivity index (χ0) is 19.4. The maximum atomic E-state index is 9.17. The Morgan fingerprint density at radius 3 is 1.86 bits per heavy atom. The van der Waals surface area contributed by atoms with Gasteiger partial charge in [-0.15, -0.1) is 0 Å². The molecule has 0 aliphatic carbocycles. The number of para-hydroxylation sites is 2. The molecule has 5 heteroatoms. The summed E-state index contributed by atoms with van der Waals surface area (Å²) in [5.74, 6) is 1.81. The van der Waals surface area contributed by atoms with Crippen LogP contribution in [0.25, 0.3) is 0 Å². The Morgan fingerprint density at radius 2 is 1.32 bits per heavy atom. The standard InChI is InChI=1S/C23H30O5/c24-13-14-26-21-11-9-19-5-1-3-7-22(19)27-17-15-25-16-18-28-23-8-4-2-6-20(23)10-12-21/h1-8,21,24H,9-18H2. The summed E-state index contributed by atoms with van der Waals surface area (Å²) in [4.78, 5) is 0. The van der Waals surface area contributed by atoms with Gasteiger partial charge in [-0.05, 0) is 48.9 Å². The number of rotatable bonds is 3. The second-order valence-corrected chi connectivity index (χ2v) is 6.82. The van der Waals surface area contributed by atoms with Gasteiger partial charge in [0, 0.05) is 0 Å². The molecule has 0 bridgehead atoms. The summed E-state index contributed by atoms with van der Waals surface area (Å²) >= 11 is 0. The molecule has 0 fully saturated rings. The van der Waals surface area contributed by atoms with Crippen LogP contribution >= 0.6 is 0 Å². The SMILES string of the molecule is OCCOC1CCc2ccccc2OCCOCCOc2ccccc2CC1. The van der Waals surface area contributed by atoms with Crippen LogP contribution in [0.4, 0.5) is 0 Å². The van der Waals surface area contributed by atoms with Crippen LogP contribution in [-0.2, 0) is 22.3 Å². The van der Waals surface area contributed by atoms with Crippen molar-refractivity contribution in [2.45, 2.75) is 31.8 Å². The second-order valence-electron chi connectivity index (χ2n) is 6.82. The molecule has 0 saturated heterocycles. The van der Waals surface area contributed by atoms with Crippen LogP contribution in [0.15, 0.2) is 48.5 Å². The number of aliphatic hydroxyl groups is 1. The number of benzene rings is 2. The van der Waals surface area contributed by atoms with E-state index in [1.807, 2.05) is 36.4 Å². The molecule has 1 N–H and O–H groups in total. The zero-order valence-corrected chi connectivity index (χ0v) is 16.3. The van der Waals surface area contributed by atoms with Gasteiger partial charge >= 0.3 is 0 Å². The summed E-state index contributed by atoms with van der Waals surface area (Å²) in [6.07, 6.45) is 3.56. The van der Waals surface area contributed by atoms with Gasteiger partial charge in [0.05, 0.1) is 32.5 Å². The number of hydrogen-bond donors (Lipinski definition) is 1. The van der Waals surface area contributed by atoms with Crippen LogP contribution in [-0.4, -0.2) is 50.9 Å². The highest BCUT2D eigenvalue weighted by atomic mass is 16.5. The average molecular weight is 386 g/mol. The predicted molar refractivity (Wildman–Crippen MR) is 108 cm³/mol. The first-order chi connectivity index (χ1) is 13.9. The van der Waals surface area contributed by atoms with Gasteiger partial charge in [0.2, 0.25) is 0 Å². The number of aryl methyl sites for hydroxylation is 2. The van der Waals surface area contributed by atoms with Gasteiger partial charge in [-0.2, -0.15) is 0 Å². The Bertz CT molecular complexity index is 647. The molecule has 5 nitrogen and oxygen atoms in total. The van der Waals surface area contributed by atoms with Crippen molar-refractivity contribution in [1.82, 2.24) is 0 Å². The van der Waals surface area contributed by atoms with Gasteiger partial charge in [-0.3, -0.25) is 0 Å². The van der Waals surface area contributed by atoms with Gasteiger partial charge in [0.25, 0.3) is 0 Å². The number of aliphatic hydroxyl groups excluding tert-OH is 1. The number of fused-ring (bicyclic) bond motifs is 2. The van der Waals surface area contributed by atoms with Crippen molar-refractivity contribution in [1.29, 1.82) is 0 Å². The minimum atomic E-state index is 0.0376. The topological polar surface area (TPSA) is 57.2 Å². The molecular formula is C23H30O5. The van der Waals surface area contributed by atoms with Crippen LogP contribution in [0.5, 0.6) is 11.5 Å². The monoisotopic (exact) mass is 386 g/mol. The highest BCUT2D eigenvalue weighted by Crippen LogP contribution is 2.24. The van der Waals surface area contributed by atoms with Gasteiger partial charge in [0.15, 0.2) is 0 Å². The molecule has 152 valence electrons. The molecule has 0 atom stereocenters. The van der Waals surface area contributed by atoms with Crippen molar-refractivity contribution in [2.75, 3.05) is 39.6 Å². The third kappa shape index (κ3) is 6.51. The van der Waals surface area contributed by atoms with E-state index >= 15 is 0 Å². The molecule has 0 amide bonds. The fourth-order valence-electron chi connectivity index (χ4n) is 3.39. The maximum Gasteiger partial charge on any atom is 0.122 e. The average Bonchev–Trinajstić information content (AvgIpc) is 2.73. The Kier molecular flexibility index (Phi) is 8.62. The van der Waals surface area contributed by atoms with E-state index in [9.17, 15) is 5.11 Å². The summed E-state index contributed by atoms with van der Waals surface area (Å²) < 4.78 is 23.4. The fourth-order valence-corrected chi connectivity index (χ4v) is 3.39. The quantitative estimate of drug-likeness (QED) is 0.876. The van der Waals surface area contributed by atoms with Gasteiger partial charge in [-0.1, -0.05) is 36.4 Å². The molecule has 0 spiro atoms. The van der Waals surface area contributed by atoms with Crippen molar-refractivity contribution in [3.05, 3.63) is 59.7 Å². The van der Waals surface area contributed by atoms with E-state index in [2.05, 4.69) is 12.1 Å². The molecule has 0 unspecified atom stereocenters. The van der Waals surface area contributed by atoms with E-state index in [0.29, 0.717) is 33.0 Å². The molecule has 1 aliphatic rings. The smallest absolute Gasteiger partial charge is 0.122 e. The Morgan fingerprint density at radius 1 is 0.786 bits per heavy atom. The van der Waals surface area contributed by atoms with E-state index in [1.165, 1.54) is 11.1 Å². The number of ether oxygens (including phenoxy) is 4. The van der Waals surface area contributed by atoms with E-state index in [4.69, 9.17) is 18.9 Å². The third-order valence-corrected chi connectivity index (χ3v) is 4.83. The lowest BCUT2D eigenvalue weighted by molar-refractivity contribution is 0.0195. The lowest BCUT2D eigenvalue weighted by Crippen LogP contribution is -2.18. The summed E-state index contributed by atoms with van der Waals surface area (Å²) in [7, 11) is 0. The minimum absolute atomic E-state index is 0.0376. The van der Waals surface area contributed by atoms with E-state index < -0.39 is 0 Å². The molecule has 3 rings (SSSR count). The highest BCUT2D eigenvalue weighted by molar-refractivity contribution is 5.34. The van der Waals surface area contributed by atoms with Crippen molar-refractivity contribution < 1.29 is 24.1 Å². The van der Waals surface area contributed by atoms with Gasteiger partial charge in [-0.25, -0.2) is 0 Å². The van der Waals surface area contributed by atoms with Crippen molar-refractivity contribution in [3.8, 4) is 11.5 Å². The van der Waals surface area contributed by atoms with Gasteiger partial charge < -0.3 is 24.1 Å². The third-order valence-electron chi connectivity index (χ3n) is 4.83. The first-order valence-corrected chi connectivity index (χ1v) is 10.1. The molecule has 2 aromatic carbocycles. The molecule has 0 aromatic heterocycles. The van der Waals surface area contributed by atoms with Crippen LogP contribution < -0.4 is 9.47 Å². The van der Waals surface area contributed by atoms with Gasteiger partial charge in [0.1, 0.15) is 24.7 Å². The van der Waals surface area contributed by atoms with Crippen molar-refractivity contribution >= 4 is 0 Å². The Balaban J connectivity index is 1.72. The van der Waals surface area contributed by atoms with Crippen LogP contribution in [0, 0.1) is 0 Å². The molecule has 1 aliphatic heterocycles. The van der Waals surface area contributed by atoms with Crippen molar-refractivity contribution in [2.24, 2.45) is 0 Å². The van der Waals surface area contributed by atoms with E-state index in [1.54, 1.807) is 0 Å². The summed E-state index contributed by atoms with van der Waals surface area (Å²) in [6.45, 7) is 2.48. The Labute approximate surface area is 167 Å². The van der Waals surface area contributed by atoms with Crippen molar-refractivity contribution in [3.63, 3.8) is 0 Å². The number of hydrogen-bond acceptors (Lipinski definition) is 5. The summed E-state index contributed by atoms with van der Waals surface area (Å²) in [5.41, 5.74) is 2.35. The highest BCUT2D eigenvalue weighted by Gasteiger charge is 2.14. The molecular weight excluding hydrogens is 356 g/mol. The lowest BCUT2D eigenvalue weighted by Gasteiger charge is -2.20. The first kappa shape index (κ1) is 20.6. The lowest BCUT2D eigenvalue weighted by atomic mass is 10.00. The molecule has 0 saturated carbocycles. The zero-order valence-electron chi connectivity index (χ0n) is 16.3. The first-order valence-electron chi connectivity index (χ1n) is 10.1. The van der Waals surface area contributed by atoms with Crippen LogP contribution in [0.2, 0.25) is 0 Å². The Hall–Kier alpha value is -2.08. The summed E-state index contributed by atoms with van der Waals surface area (Å²) in [5, 5.41) is 9.17. The molecule has 1 heterocycles. The predicted octanol–water partition coefficient (Wildman–Crippen LogP) is 3.42. The van der Waals surface area contributed by atoms with E-state index in [0.717, 1.165) is 37.2 Å². The van der Waals surface area contributed by atoms with E-state index in [-0.39, 0.29) is 12.7 Å². The van der Waals surface area contributed by atoms with Crippen LogP contribution in [0.1, 0.15) is 24.0 Å². The molecule has 2 aromatic rings. The maximum absolute atomic E-state index is 9.17. The second kappa shape index (κ2) is 11.7. The fraction of sp³-hybridized carbons (Fsp3) is 0.478. The molecule has 28 heavy (non-hydrogen) atoms. The minimum Gasteiger partial charge on any atom is -0.491 e. The van der Waals surface area contributed by atoms with Crippen LogP contribution in [0.3, 0.4) is 0 Å². The largest absolute Gasteiger partial charge is 0.491 e. The normalized spacial score (nSPS) is 17.0.